The molecular weight excluding hydrogens is 312 g/mol. The molecule has 25 heavy (non-hydrogen) atoms. The molecule has 0 spiro atoms. The SMILES string of the molecule is CCNC(=NCc1cccc(OC)c1)NCCCN(C(C)C)C(C)C. The number of methoxy groups -OCH3 is 1. The van der Waals surface area contributed by atoms with Gasteiger partial charge in [-0.15, -0.1) is 0 Å². The van der Waals surface area contributed by atoms with Crippen LogP contribution in [-0.2, 0) is 6.54 Å². The summed E-state index contributed by atoms with van der Waals surface area (Å²) in [6.45, 7) is 14.6. The highest BCUT2D eigenvalue weighted by Gasteiger charge is 2.12. The van der Waals surface area contributed by atoms with Gasteiger partial charge in [-0.05, 0) is 58.7 Å². The number of ether oxygens (including phenoxy) is 1. The van der Waals surface area contributed by atoms with E-state index in [-0.39, 0.29) is 0 Å². The quantitative estimate of drug-likeness (QED) is 0.387. The summed E-state index contributed by atoms with van der Waals surface area (Å²) in [5.74, 6) is 1.74. The highest BCUT2D eigenvalue weighted by atomic mass is 16.5. The average molecular weight is 349 g/mol. The molecule has 2 N–H and O–H groups in total. The van der Waals surface area contributed by atoms with E-state index in [1.807, 2.05) is 18.2 Å². The summed E-state index contributed by atoms with van der Waals surface area (Å²) in [6.07, 6.45) is 1.10. The van der Waals surface area contributed by atoms with Gasteiger partial charge >= 0.3 is 0 Å². The minimum Gasteiger partial charge on any atom is -0.497 e. The van der Waals surface area contributed by atoms with Crippen molar-refractivity contribution in [3.8, 4) is 5.75 Å². The summed E-state index contributed by atoms with van der Waals surface area (Å²) in [7, 11) is 1.69. The first-order valence-electron chi connectivity index (χ1n) is 9.38. The van der Waals surface area contributed by atoms with Crippen molar-refractivity contribution in [3.05, 3.63) is 29.8 Å². The van der Waals surface area contributed by atoms with Crippen molar-refractivity contribution in [1.29, 1.82) is 0 Å². The molecule has 5 nitrogen and oxygen atoms in total. The van der Waals surface area contributed by atoms with E-state index in [0.717, 1.165) is 43.3 Å². The van der Waals surface area contributed by atoms with E-state index in [4.69, 9.17) is 4.74 Å². The highest BCUT2D eigenvalue weighted by molar-refractivity contribution is 5.79. The predicted molar refractivity (Wildman–Crippen MR) is 107 cm³/mol. The third-order valence-electron chi connectivity index (χ3n) is 4.11. The first-order valence-corrected chi connectivity index (χ1v) is 9.38. The number of guanidine groups is 1. The zero-order valence-electron chi connectivity index (χ0n) is 16.8. The second kappa shape index (κ2) is 11.7. The third-order valence-corrected chi connectivity index (χ3v) is 4.11. The number of nitrogens with zero attached hydrogens (tertiary/aromatic N) is 2. The zero-order valence-corrected chi connectivity index (χ0v) is 16.8. The van der Waals surface area contributed by atoms with Crippen molar-refractivity contribution in [2.45, 2.75) is 59.7 Å². The van der Waals surface area contributed by atoms with E-state index in [2.05, 4.69) is 61.2 Å². The van der Waals surface area contributed by atoms with Gasteiger partial charge in [0.1, 0.15) is 5.75 Å². The Morgan fingerprint density at radius 3 is 2.48 bits per heavy atom. The molecule has 1 aromatic rings. The molecule has 0 radical (unpaired) electrons. The van der Waals surface area contributed by atoms with Gasteiger partial charge in [-0.25, -0.2) is 4.99 Å². The Hall–Kier alpha value is -1.75. The molecule has 5 heteroatoms. The summed E-state index contributed by atoms with van der Waals surface area (Å²) in [6, 6.07) is 9.20. The number of benzene rings is 1. The molecule has 0 amide bonds. The van der Waals surface area contributed by atoms with Gasteiger partial charge in [-0.1, -0.05) is 12.1 Å². The van der Waals surface area contributed by atoms with Crippen molar-refractivity contribution < 1.29 is 4.74 Å². The van der Waals surface area contributed by atoms with Gasteiger partial charge in [0.2, 0.25) is 0 Å². The first kappa shape index (κ1) is 21.3. The van der Waals surface area contributed by atoms with Crippen LogP contribution in [0.1, 0.15) is 46.6 Å². The maximum Gasteiger partial charge on any atom is 0.191 e. The Balaban J connectivity index is 2.50. The monoisotopic (exact) mass is 348 g/mol. The molecule has 0 aliphatic heterocycles. The molecule has 0 heterocycles. The van der Waals surface area contributed by atoms with Gasteiger partial charge in [0.15, 0.2) is 5.96 Å². The molecule has 0 atom stereocenters. The van der Waals surface area contributed by atoms with Crippen LogP contribution in [-0.4, -0.2) is 49.7 Å². The van der Waals surface area contributed by atoms with Crippen LogP contribution in [0.25, 0.3) is 0 Å². The Morgan fingerprint density at radius 2 is 1.88 bits per heavy atom. The lowest BCUT2D eigenvalue weighted by atomic mass is 10.2. The average Bonchev–Trinajstić information content (AvgIpc) is 2.58. The fourth-order valence-corrected chi connectivity index (χ4v) is 2.86. The Bertz CT molecular complexity index is 506. The van der Waals surface area contributed by atoms with Crippen LogP contribution in [0.2, 0.25) is 0 Å². The standard InChI is InChI=1S/C20H36N4O/c1-7-21-20(22-12-9-13-24(16(2)3)17(4)5)23-15-18-10-8-11-19(14-18)25-6/h8,10-11,14,16-17H,7,9,12-13,15H2,1-6H3,(H2,21,22,23). The van der Waals surface area contributed by atoms with Crippen LogP contribution in [0, 0.1) is 0 Å². The van der Waals surface area contributed by atoms with Crippen molar-refractivity contribution >= 4 is 5.96 Å². The van der Waals surface area contributed by atoms with Gasteiger partial charge in [-0.3, -0.25) is 4.90 Å². The summed E-state index contributed by atoms with van der Waals surface area (Å²) in [5, 5.41) is 6.74. The lowest BCUT2D eigenvalue weighted by molar-refractivity contribution is 0.173. The molecule has 1 aromatic carbocycles. The number of rotatable bonds is 10. The molecule has 0 aliphatic rings. The second-order valence-electron chi connectivity index (χ2n) is 6.75. The van der Waals surface area contributed by atoms with Gasteiger partial charge in [-0.2, -0.15) is 0 Å². The molecule has 0 aromatic heterocycles. The normalized spacial score (nSPS) is 12.1. The Morgan fingerprint density at radius 1 is 1.16 bits per heavy atom. The fourth-order valence-electron chi connectivity index (χ4n) is 2.86. The van der Waals surface area contributed by atoms with Crippen molar-refractivity contribution in [2.75, 3.05) is 26.7 Å². The summed E-state index contributed by atoms with van der Waals surface area (Å²) in [5.41, 5.74) is 1.14. The molecule has 0 saturated carbocycles. The lowest BCUT2D eigenvalue weighted by Crippen LogP contribution is -2.41. The highest BCUT2D eigenvalue weighted by Crippen LogP contribution is 2.13. The number of hydrogen-bond acceptors (Lipinski definition) is 3. The minimum atomic E-state index is 0.579. The van der Waals surface area contributed by atoms with E-state index in [1.165, 1.54) is 0 Å². The summed E-state index contributed by atoms with van der Waals surface area (Å²) >= 11 is 0. The third kappa shape index (κ3) is 8.25. The van der Waals surface area contributed by atoms with Crippen molar-refractivity contribution in [2.24, 2.45) is 4.99 Å². The van der Waals surface area contributed by atoms with E-state index in [9.17, 15) is 0 Å². The van der Waals surface area contributed by atoms with Crippen LogP contribution >= 0.6 is 0 Å². The second-order valence-corrected chi connectivity index (χ2v) is 6.75. The lowest BCUT2D eigenvalue weighted by Gasteiger charge is -2.30. The maximum absolute atomic E-state index is 5.27. The van der Waals surface area contributed by atoms with E-state index in [0.29, 0.717) is 18.6 Å². The smallest absolute Gasteiger partial charge is 0.191 e. The van der Waals surface area contributed by atoms with Gasteiger partial charge < -0.3 is 15.4 Å². The van der Waals surface area contributed by atoms with E-state index in [1.54, 1.807) is 7.11 Å². The van der Waals surface area contributed by atoms with Crippen LogP contribution in [0.3, 0.4) is 0 Å². The zero-order chi connectivity index (χ0) is 18.7. The molecule has 0 aliphatic carbocycles. The van der Waals surface area contributed by atoms with Crippen LogP contribution in [0.4, 0.5) is 0 Å². The minimum absolute atomic E-state index is 0.579. The van der Waals surface area contributed by atoms with E-state index >= 15 is 0 Å². The molecule has 0 saturated heterocycles. The van der Waals surface area contributed by atoms with Crippen LogP contribution < -0.4 is 15.4 Å². The Labute approximate surface area is 153 Å². The molecule has 142 valence electrons. The van der Waals surface area contributed by atoms with Gasteiger partial charge in [0.25, 0.3) is 0 Å². The number of aliphatic imine (C=N–C) groups is 1. The van der Waals surface area contributed by atoms with Gasteiger partial charge in [0.05, 0.1) is 13.7 Å². The molecule has 1 rings (SSSR count). The summed E-state index contributed by atoms with van der Waals surface area (Å²) < 4.78 is 5.27. The number of hydrogen-bond donors (Lipinski definition) is 2. The molecule has 0 unspecified atom stereocenters. The fraction of sp³-hybridized carbons (Fsp3) is 0.650. The number of nitrogens with one attached hydrogen (secondary N) is 2. The van der Waals surface area contributed by atoms with Crippen molar-refractivity contribution in [1.82, 2.24) is 15.5 Å². The Kier molecular flexibility index (Phi) is 10.0. The molecule has 0 fully saturated rings. The predicted octanol–water partition coefficient (Wildman–Crippen LogP) is 3.26. The largest absolute Gasteiger partial charge is 0.497 e. The first-order chi connectivity index (χ1) is 12.0. The summed E-state index contributed by atoms with van der Waals surface area (Å²) in [4.78, 5) is 7.19. The molecular formula is C20H36N4O. The van der Waals surface area contributed by atoms with Crippen LogP contribution in [0.5, 0.6) is 5.75 Å². The van der Waals surface area contributed by atoms with Crippen molar-refractivity contribution in [3.63, 3.8) is 0 Å². The topological polar surface area (TPSA) is 48.9 Å². The van der Waals surface area contributed by atoms with E-state index < -0.39 is 0 Å². The van der Waals surface area contributed by atoms with Crippen LogP contribution in [0.15, 0.2) is 29.3 Å². The van der Waals surface area contributed by atoms with Gasteiger partial charge in [0, 0.05) is 31.7 Å². The maximum atomic E-state index is 5.27. The molecule has 0 bridgehead atoms.